The molecule has 11 unspecified atom stereocenters. The van der Waals surface area contributed by atoms with Gasteiger partial charge in [-0.15, -0.1) is 0 Å². The van der Waals surface area contributed by atoms with Crippen molar-refractivity contribution < 1.29 is 189 Å². The first-order chi connectivity index (χ1) is 61.6. The summed E-state index contributed by atoms with van der Waals surface area (Å²) in [6.45, 7) is 15.9. The van der Waals surface area contributed by atoms with Crippen LogP contribution in [0.25, 0.3) is 0 Å². The summed E-state index contributed by atoms with van der Waals surface area (Å²) < 4.78 is 130. The number of hydrogen-bond acceptors (Lipinski definition) is 33. The Morgan fingerprint density at radius 1 is 0.402 bits per heavy atom. The number of aliphatic carboxylic acids is 3. The molecule has 15 rings (SSSR count). The predicted octanol–water partition coefficient (Wildman–Crippen LogP) is 4.43. The summed E-state index contributed by atoms with van der Waals surface area (Å²) in [5, 5.41) is 148. The number of hydrogen-bond donors (Lipinski definition) is 12. The van der Waals surface area contributed by atoms with Crippen LogP contribution in [-0.2, 0) is 114 Å². The van der Waals surface area contributed by atoms with Crippen molar-refractivity contribution in [2.75, 3.05) is 6.61 Å². The second-order valence-electron chi connectivity index (χ2n) is 43.2. The van der Waals surface area contributed by atoms with Crippen molar-refractivity contribution in [3.05, 3.63) is 0 Å². The van der Waals surface area contributed by atoms with Gasteiger partial charge in [-0.05, 0) is 211 Å². The molecule has 132 heavy (non-hydrogen) atoms. The van der Waals surface area contributed by atoms with Crippen LogP contribution in [0.3, 0.4) is 0 Å². The van der Waals surface area contributed by atoms with Gasteiger partial charge in [0.05, 0.1) is 0 Å². The number of carboxylic acid groups (broad SMARTS) is 3. The van der Waals surface area contributed by atoms with Crippen molar-refractivity contribution in [3.8, 4) is 0 Å². The number of rotatable bonds is 23. The van der Waals surface area contributed by atoms with Gasteiger partial charge < -0.3 is 118 Å². The number of halogens is 3. The highest BCUT2D eigenvalue weighted by molar-refractivity contribution is 5.89. The molecule has 39 heteroatoms. The molecule has 0 radical (unpaired) electrons. The van der Waals surface area contributed by atoms with E-state index in [1.54, 1.807) is 27.7 Å². The van der Waals surface area contributed by atoms with Crippen LogP contribution in [0, 0.1) is 109 Å². The van der Waals surface area contributed by atoms with Crippen molar-refractivity contribution in [1.82, 2.24) is 0 Å². The van der Waals surface area contributed by atoms with Crippen molar-refractivity contribution in [2.24, 2.45) is 109 Å². The van der Waals surface area contributed by atoms with E-state index in [-0.39, 0.29) is 109 Å². The van der Waals surface area contributed by atoms with E-state index in [9.17, 15) is 104 Å². The average molecular weight is 1880 g/mol. The highest BCUT2D eigenvalue weighted by atomic mass is 19.2. The molecule has 3 heterocycles. The number of carbonyl (C=O) groups excluding carboxylic acids is 9. The Kier molecular flexibility index (Phi) is 27.0. The quantitative estimate of drug-likeness (QED) is 0.0497. The summed E-state index contributed by atoms with van der Waals surface area (Å²) in [4.78, 5) is 168. The molecule has 45 atom stereocenters. The summed E-state index contributed by atoms with van der Waals surface area (Å²) in [5.41, 5.74) is -12.7. The Labute approximate surface area is 761 Å². The van der Waals surface area contributed by atoms with Gasteiger partial charge in [0.25, 0.3) is 0 Å². The van der Waals surface area contributed by atoms with Crippen molar-refractivity contribution in [3.63, 3.8) is 0 Å². The molecular formula is C93H131F3O36. The summed E-state index contributed by atoms with van der Waals surface area (Å²) in [5.74, 6) is -34.7. The molecule has 0 aromatic rings. The molecule has 12 N–H and O–H groups in total. The summed E-state index contributed by atoms with van der Waals surface area (Å²) in [6, 6.07) is 0. The number of ketones is 3. The Morgan fingerprint density at radius 3 is 1.21 bits per heavy atom. The molecule has 3 aliphatic heterocycles. The number of Topliss-reactive ketones (excluding diaryl/α,β-unsaturated/α-hetero) is 3. The lowest BCUT2D eigenvalue weighted by Gasteiger charge is -2.65. The van der Waals surface area contributed by atoms with Gasteiger partial charge in [-0.25, -0.2) is 27.6 Å². The number of carboxylic acids is 3. The SMILES string of the molecule is CC(=O)O[C@@H]1CC[C@]2(C)[C@@H]3[C@@H](C[C@H](F)[C@H]2C1)[C@@H]1CC[C@H](C(=O)COC2O[C@H](C(=O)O)[C@@H](O)[C@H](OC4(C(O)C(=O)[C@H]5CCC6C7CCC8C[C@@H](OC(C)=O)CC[C@]8(C)[C@]7(F)[C@@H](OC(C)=O)C[C@@]65C)O[C@H](C(=O)O)[C@@H](O)[C@H](O)[C@H]4O)[C@H]2OC2(C(O)C(=O)[C@H]4CCC5C6CCC7C[C@@H](OC(C)=O)CC[C@]7(C)[C@]6(F)[C@@H](OC(C)=O)C[C@@]54C)O[C@H](C(=O)O)[C@@H](O)[C@H](O)[C@H]2O)[C@@]1(C)C[C@H]3OC(C)=O. The van der Waals surface area contributed by atoms with E-state index < -0.39 is 357 Å². The molecule has 740 valence electrons. The molecule has 0 amide bonds. The Balaban J connectivity index is 0.838. The maximum absolute atomic E-state index is 19.6. The van der Waals surface area contributed by atoms with Crippen LogP contribution in [0.4, 0.5) is 13.2 Å². The van der Waals surface area contributed by atoms with Crippen LogP contribution in [0.2, 0.25) is 0 Å². The average Bonchev–Trinajstić information content (AvgIpc) is 1.35. The van der Waals surface area contributed by atoms with E-state index >= 15 is 27.6 Å². The lowest BCUT2D eigenvalue weighted by atomic mass is 9.42. The van der Waals surface area contributed by atoms with Gasteiger partial charge in [0.15, 0.2) is 65.5 Å². The minimum atomic E-state index is -4.13. The number of aliphatic hydroxyl groups is 9. The summed E-state index contributed by atoms with van der Waals surface area (Å²) in [7, 11) is 0. The third-order valence-electron chi connectivity index (χ3n) is 36.8. The molecule has 15 aliphatic rings. The van der Waals surface area contributed by atoms with Gasteiger partial charge in [-0.1, -0.05) is 41.5 Å². The van der Waals surface area contributed by atoms with Crippen LogP contribution < -0.4 is 0 Å². The van der Waals surface area contributed by atoms with E-state index in [0.717, 1.165) is 13.8 Å². The van der Waals surface area contributed by atoms with Gasteiger partial charge in [0.2, 0.25) is 11.6 Å². The number of carbonyl (C=O) groups is 12. The first-order valence-electron chi connectivity index (χ1n) is 47.0. The smallest absolute Gasteiger partial charge is 0.335 e. The fourth-order valence-electron chi connectivity index (χ4n) is 31.1. The number of fused-ring (bicyclic) bond motifs is 15. The maximum Gasteiger partial charge on any atom is 0.335 e. The molecule has 3 saturated heterocycles. The number of ether oxygens (including phenoxy) is 12. The van der Waals surface area contributed by atoms with Crippen LogP contribution in [-0.4, -0.2) is 296 Å². The first kappa shape index (κ1) is 99.9. The lowest BCUT2D eigenvalue weighted by Crippen LogP contribution is -2.77. The summed E-state index contributed by atoms with van der Waals surface area (Å²) >= 11 is 0. The second kappa shape index (κ2) is 35.7. The molecule has 0 spiro atoms. The fourth-order valence-corrected chi connectivity index (χ4v) is 31.1. The monoisotopic (exact) mass is 1880 g/mol. The zero-order valence-corrected chi connectivity index (χ0v) is 76.5. The molecule has 12 aliphatic carbocycles. The maximum atomic E-state index is 19.6. The van der Waals surface area contributed by atoms with E-state index in [1.165, 1.54) is 34.6 Å². The summed E-state index contributed by atoms with van der Waals surface area (Å²) in [6.07, 6.45) is -52.2. The highest BCUT2D eigenvalue weighted by Gasteiger charge is 2.79. The fraction of sp³-hybridized carbons (Fsp3) is 0.871. The van der Waals surface area contributed by atoms with Gasteiger partial charge in [-0.2, -0.15) is 0 Å². The second-order valence-corrected chi connectivity index (χ2v) is 43.2. The molecule has 0 bridgehead atoms. The van der Waals surface area contributed by atoms with Crippen molar-refractivity contribution in [2.45, 2.75) is 388 Å². The molecular weight excluding hydrogens is 1750 g/mol. The topological polar surface area (TPSA) is 558 Å². The zero-order valence-electron chi connectivity index (χ0n) is 76.5. The van der Waals surface area contributed by atoms with Crippen LogP contribution >= 0.6 is 0 Å². The van der Waals surface area contributed by atoms with Gasteiger partial charge in [-0.3, -0.25) is 43.2 Å². The molecule has 0 aromatic heterocycles. The van der Waals surface area contributed by atoms with Crippen molar-refractivity contribution in [1.29, 1.82) is 0 Å². The van der Waals surface area contributed by atoms with E-state index in [2.05, 4.69) is 0 Å². The third-order valence-corrected chi connectivity index (χ3v) is 36.8. The van der Waals surface area contributed by atoms with Gasteiger partial charge in [0.1, 0.15) is 104 Å². The van der Waals surface area contributed by atoms with Gasteiger partial charge in [0, 0.05) is 87.9 Å². The van der Waals surface area contributed by atoms with Crippen LogP contribution in [0.15, 0.2) is 0 Å². The van der Waals surface area contributed by atoms with Gasteiger partial charge >= 0.3 is 53.7 Å². The Morgan fingerprint density at radius 2 is 0.788 bits per heavy atom. The molecule has 0 aromatic carbocycles. The Bertz CT molecular complexity index is 4500. The van der Waals surface area contributed by atoms with Crippen molar-refractivity contribution >= 4 is 71.1 Å². The van der Waals surface area contributed by atoms with Crippen LogP contribution in [0.1, 0.15) is 231 Å². The predicted molar refractivity (Wildman–Crippen MR) is 438 cm³/mol. The van der Waals surface area contributed by atoms with Crippen LogP contribution in [0.5, 0.6) is 0 Å². The number of esters is 6. The van der Waals surface area contributed by atoms with E-state index in [4.69, 9.17) is 56.8 Å². The molecule has 12 saturated carbocycles. The van der Waals surface area contributed by atoms with E-state index in [1.807, 2.05) is 6.92 Å². The highest BCUT2D eigenvalue weighted by Crippen LogP contribution is 2.75. The molecule has 36 nitrogen and oxygen atoms in total. The minimum Gasteiger partial charge on any atom is -0.479 e. The Hall–Kier alpha value is -6.57. The zero-order chi connectivity index (χ0) is 96.6. The third kappa shape index (κ3) is 15.8. The number of alkyl halides is 3. The standard InChI is InChI=1S/C93H131F3O36/c1-37(97)122-45-24-27-88(11)43(29-45)13-15-52-50-18-21-55(86(50,9)34-61(90(52,88)95)126-41(5)101)64(104)76(111)92(78(113)68(108)66(106)73(130-92)81(117)118)129-71-70(110)72(80(115)116)128-83(121-36-59(103)54-20-17-49-48-32-58(94)57-31-47(124-39(3)99)23-26-84(57,7)63(48)60(125-40(4)100)33-85(49,54)8)75(71)132-93(79(114)69(109)67(107)74(131-93)82(119)120)77(112)65(105)56-22-19-51-53-16-14-44-30-46(123-38(2)98)25-28-89(44,12)91(53,96)62(127-42(6)102)35-87(51,56)10/h43-58,60-63,66-79,83,106-114H,13-36H2,1-12H3,(H,115,116)(H,117,118)(H,119,120)/t43?,44?,45-,46-,47+,48-,49-,50?,51?,52?,53?,54+,55+,56+,57+,58-,60+,61-,62-,63+,66-,67-,68-,69-,70-,71-,72-,73-,74-,75+,76?,77?,78+,79+,83?,84-,85-,86-,87-,88-,89-,90+,91+,92?,93?/m0/s1. The minimum absolute atomic E-state index is 0.00273. The largest absolute Gasteiger partial charge is 0.479 e. The molecule has 15 fully saturated rings. The van der Waals surface area contributed by atoms with E-state index in [0.29, 0.717) is 25.7 Å². The first-order valence-corrected chi connectivity index (χ1v) is 47.0. The lowest BCUT2D eigenvalue weighted by molar-refractivity contribution is -0.445. The number of aliphatic hydroxyl groups excluding tert-OH is 9. The normalized spacial score (nSPS) is 50.2.